The Morgan fingerprint density at radius 1 is 0.697 bits per heavy atom. The molecule has 2 aromatic heterocycles. The maximum atomic E-state index is 12.1. The molecule has 0 saturated heterocycles. The van der Waals surface area contributed by atoms with E-state index in [0.717, 1.165) is 52.8 Å². The second kappa shape index (κ2) is 13.9. The fourth-order valence-electron chi connectivity index (χ4n) is 4.73. The molecule has 2 rings (SSSR count). The van der Waals surface area contributed by atoms with Crippen molar-refractivity contribution in [2.24, 2.45) is 23.7 Å². The number of hydrogen-bond donors (Lipinski definition) is 2. The van der Waals surface area contributed by atoms with E-state index in [9.17, 15) is 10.2 Å². The van der Waals surface area contributed by atoms with Crippen LogP contribution in [-0.4, -0.2) is 10.2 Å². The van der Waals surface area contributed by atoms with Gasteiger partial charge < -0.3 is 10.2 Å². The highest BCUT2D eigenvalue weighted by Crippen LogP contribution is 2.46. The summed E-state index contributed by atoms with van der Waals surface area (Å²) in [6.45, 7) is 13.9. The summed E-state index contributed by atoms with van der Waals surface area (Å²) in [6.07, 6.45) is 11.3. The van der Waals surface area contributed by atoms with Gasteiger partial charge in [-0.2, -0.15) is 0 Å². The summed E-state index contributed by atoms with van der Waals surface area (Å²) in [5, 5.41) is 26.5. The smallest absolute Gasteiger partial charge is 0.135 e. The largest absolute Gasteiger partial charge is 0.506 e. The Hall–Kier alpha value is -0.840. The summed E-state index contributed by atoms with van der Waals surface area (Å²) in [4.78, 5) is 1.94. The first kappa shape index (κ1) is 28.4. The zero-order chi connectivity index (χ0) is 24.4. The molecule has 33 heavy (non-hydrogen) atoms. The Bertz CT molecular complexity index is 765. The van der Waals surface area contributed by atoms with Crippen LogP contribution < -0.4 is 0 Å². The zero-order valence-electron chi connectivity index (χ0n) is 21.9. The third kappa shape index (κ3) is 9.38. The van der Waals surface area contributed by atoms with E-state index in [-0.39, 0.29) is 0 Å². The van der Waals surface area contributed by atoms with Gasteiger partial charge in [0, 0.05) is 5.56 Å². The standard InChI is InChI=1S/C29H48O2S2/c1-21(2)9-7-11-23(5)13-17-29(31,18-14-24(6)12-8-10-22(3)4)25-15-19-32-27(25)28-26(30)16-20-33-28/h15-16,19-24,30-31H,7-14,17-18H2,1-6H3. The maximum absolute atomic E-state index is 12.1. The first-order chi connectivity index (χ1) is 15.6. The number of aliphatic hydroxyl groups is 1. The quantitative estimate of drug-likeness (QED) is 0.245. The molecule has 0 spiro atoms. The fraction of sp³-hybridized carbons (Fsp3) is 0.724. The highest BCUT2D eigenvalue weighted by molar-refractivity contribution is 7.20. The Balaban J connectivity index is 2.11. The van der Waals surface area contributed by atoms with Crippen LogP contribution in [-0.2, 0) is 5.60 Å². The molecule has 0 aliphatic rings. The second-order valence-electron chi connectivity index (χ2n) is 11.3. The lowest BCUT2D eigenvalue weighted by Crippen LogP contribution is -2.27. The molecule has 2 heterocycles. The summed E-state index contributed by atoms with van der Waals surface area (Å²) in [5.41, 5.74) is 0.193. The molecule has 2 N–H and O–H groups in total. The van der Waals surface area contributed by atoms with Gasteiger partial charge in [0.15, 0.2) is 0 Å². The third-order valence-electron chi connectivity index (χ3n) is 7.08. The molecule has 0 aromatic carbocycles. The van der Waals surface area contributed by atoms with Crippen molar-refractivity contribution < 1.29 is 10.2 Å². The summed E-state index contributed by atoms with van der Waals surface area (Å²) in [7, 11) is 0. The lowest BCUT2D eigenvalue weighted by Gasteiger charge is -2.31. The first-order valence-corrected chi connectivity index (χ1v) is 15.0. The van der Waals surface area contributed by atoms with Crippen molar-refractivity contribution in [2.75, 3.05) is 0 Å². The van der Waals surface area contributed by atoms with E-state index in [0.29, 0.717) is 17.6 Å². The van der Waals surface area contributed by atoms with Crippen LogP contribution in [0.1, 0.15) is 111 Å². The summed E-state index contributed by atoms with van der Waals surface area (Å²) in [5.74, 6) is 3.10. The van der Waals surface area contributed by atoms with Crippen molar-refractivity contribution in [3.05, 3.63) is 28.5 Å². The average molecular weight is 493 g/mol. The third-order valence-corrected chi connectivity index (χ3v) is 9.06. The molecule has 0 aliphatic carbocycles. The molecular weight excluding hydrogens is 444 g/mol. The van der Waals surface area contributed by atoms with Gasteiger partial charge in [-0.3, -0.25) is 0 Å². The minimum Gasteiger partial charge on any atom is -0.506 e. The first-order valence-electron chi connectivity index (χ1n) is 13.2. The lowest BCUT2D eigenvalue weighted by molar-refractivity contribution is 0.00749. The minimum absolute atomic E-state index is 0.329. The van der Waals surface area contributed by atoms with Crippen LogP contribution in [0.5, 0.6) is 5.75 Å². The molecule has 2 aromatic rings. The number of hydrogen-bond acceptors (Lipinski definition) is 4. The lowest BCUT2D eigenvalue weighted by atomic mass is 9.80. The summed E-state index contributed by atoms with van der Waals surface area (Å²) >= 11 is 3.20. The molecule has 0 aliphatic heterocycles. The van der Waals surface area contributed by atoms with E-state index >= 15 is 0 Å². The Labute approximate surface area is 211 Å². The highest BCUT2D eigenvalue weighted by Gasteiger charge is 2.34. The van der Waals surface area contributed by atoms with E-state index in [1.54, 1.807) is 28.7 Å². The maximum Gasteiger partial charge on any atom is 0.135 e. The highest BCUT2D eigenvalue weighted by atomic mass is 32.1. The molecule has 0 radical (unpaired) electrons. The molecule has 2 atom stereocenters. The molecule has 4 heteroatoms. The van der Waals surface area contributed by atoms with Crippen LogP contribution in [0.4, 0.5) is 0 Å². The Morgan fingerprint density at radius 2 is 1.18 bits per heavy atom. The van der Waals surface area contributed by atoms with Crippen molar-refractivity contribution in [1.29, 1.82) is 0 Å². The van der Waals surface area contributed by atoms with Crippen LogP contribution in [0.2, 0.25) is 0 Å². The van der Waals surface area contributed by atoms with Gasteiger partial charge in [-0.25, -0.2) is 0 Å². The predicted molar refractivity (Wildman–Crippen MR) is 147 cm³/mol. The molecule has 0 saturated carbocycles. The van der Waals surface area contributed by atoms with E-state index < -0.39 is 5.60 Å². The van der Waals surface area contributed by atoms with Crippen LogP contribution in [0.25, 0.3) is 9.75 Å². The molecule has 2 unspecified atom stereocenters. The number of thiophene rings is 2. The SMILES string of the molecule is CC(C)CCCC(C)CCC(O)(CCC(C)CCCC(C)C)c1ccsc1-c1sccc1O. The van der Waals surface area contributed by atoms with Gasteiger partial charge in [0.2, 0.25) is 0 Å². The van der Waals surface area contributed by atoms with Crippen LogP contribution in [0, 0.1) is 23.7 Å². The van der Waals surface area contributed by atoms with E-state index in [4.69, 9.17) is 0 Å². The van der Waals surface area contributed by atoms with E-state index in [1.807, 2.05) is 5.38 Å². The van der Waals surface area contributed by atoms with Crippen molar-refractivity contribution in [1.82, 2.24) is 0 Å². The van der Waals surface area contributed by atoms with Crippen molar-refractivity contribution in [2.45, 2.75) is 111 Å². The minimum atomic E-state index is -0.829. The van der Waals surface area contributed by atoms with E-state index in [2.05, 4.69) is 53.0 Å². The van der Waals surface area contributed by atoms with E-state index in [1.165, 1.54) is 38.5 Å². The molecule has 0 amide bonds. The summed E-state index contributed by atoms with van der Waals surface area (Å²) in [6, 6.07) is 3.86. The molecule has 188 valence electrons. The average Bonchev–Trinajstić information content (AvgIpc) is 3.39. The molecular formula is C29H48O2S2. The predicted octanol–water partition coefficient (Wildman–Crippen LogP) is 9.85. The van der Waals surface area contributed by atoms with Crippen LogP contribution >= 0.6 is 22.7 Å². The molecule has 2 nitrogen and oxygen atoms in total. The number of aromatic hydroxyl groups is 1. The Kier molecular flexibility index (Phi) is 12.0. The normalized spacial score (nSPS) is 15.8. The van der Waals surface area contributed by atoms with Gasteiger partial charge in [-0.05, 0) is 72.2 Å². The van der Waals surface area contributed by atoms with Crippen molar-refractivity contribution >= 4 is 22.7 Å². The van der Waals surface area contributed by atoms with Gasteiger partial charge in [-0.15, -0.1) is 22.7 Å². The zero-order valence-corrected chi connectivity index (χ0v) is 23.5. The second-order valence-corrected chi connectivity index (χ2v) is 13.1. The van der Waals surface area contributed by atoms with Gasteiger partial charge in [0.1, 0.15) is 5.75 Å². The topological polar surface area (TPSA) is 40.5 Å². The molecule has 0 fully saturated rings. The van der Waals surface area contributed by atoms with Crippen molar-refractivity contribution in [3.8, 4) is 15.5 Å². The molecule has 0 bridgehead atoms. The fourth-order valence-corrected chi connectivity index (χ4v) is 6.69. The number of rotatable bonds is 16. The van der Waals surface area contributed by atoms with Gasteiger partial charge >= 0.3 is 0 Å². The Morgan fingerprint density at radius 3 is 1.64 bits per heavy atom. The van der Waals surface area contributed by atoms with Gasteiger partial charge in [0.05, 0.1) is 15.4 Å². The van der Waals surface area contributed by atoms with Crippen LogP contribution in [0.15, 0.2) is 22.9 Å². The van der Waals surface area contributed by atoms with Crippen molar-refractivity contribution in [3.63, 3.8) is 0 Å². The van der Waals surface area contributed by atoms with Gasteiger partial charge in [0.25, 0.3) is 0 Å². The summed E-state index contributed by atoms with van der Waals surface area (Å²) < 4.78 is 0. The van der Waals surface area contributed by atoms with Gasteiger partial charge in [-0.1, -0.05) is 80.1 Å². The monoisotopic (exact) mass is 492 g/mol. The van der Waals surface area contributed by atoms with Crippen LogP contribution in [0.3, 0.4) is 0 Å².